The number of hydrogen-bond acceptors (Lipinski definition) is 4. The number of nitrogens with one attached hydrogen (secondary N) is 1. The van der Waals surface area contributed by atoms with E-state index in [1.54, 1.807) is 6.07 Å². The van der Waals surface area contributed by atoms with Gasteiger partial charge in [0.15, 0.2) is 0 Å². The average Bonchev–Trinajstić information content (AvgIpc) is 2.97. The van der Waals surface area contributed by atoms with Crippen LogP contribution in [0.3, 0.4) is 0 Å². The molecule has 19 heavy (non-hydrogen) atoms. The average molecular weight is 282 g/mol. The summed E-state index contributed by atoms with van der Waals surface area (Å²) < 4.78 is 5.32. The first-order valence-corrected chi connectivity index (χ1v) is 7.16. The van der Waals surface area contributed by atoms with Crippen LogP contribution in [0.1, 0.15) is 47.8 Å². The van der Waals surface area contributed by atoms with Crippen molar-refractivity contribution in [1.82, 2.24) is 0 Å². The summed E-state index contributed by atoms with van der Waals surface area (Å²) in [7, 11) is 0. The molecule has 1 saturated heterocycles. The van der Waals surface area contributed by atoms with Gasteiger partial charge in [-0.25, -0.2) is 0 Å². The smallest absolute Gasteiger partial charge is 0.254 e. The van der Waals surface area contributed by atoms with Crippen LogP contribution in [0, 0.1) is 0 Å². The highest BCUT2D eigenvalue weighted by Gasteiger charge is 2.25. The maximum atomic E-state index is 12.0. The molecule has 5 nitrogen and oxygen atoms in total. The summed E-state index contributed by atoms with van der Waals surface area (Å²) in [5.41, 5.74) is 5.72. The van der Waals surface area contributed by atoms with Crippen molar-refractivity contribution in [2.45, 2.75) is 38.7 Å². The molecule has 1 aliphatic rings. The van der Waals surface area contributed by atoms with Crippen molar-refractivity contribution in [2.75, 3.05) is 11.9 Å². The highest BCUT2D eigenvalue weighted by atomic mass is 32.1. The quantitative estimate of drug-likeness (QED) is 0.887. The van der Waals surface area contributed by atoms with E-state index in [1.165, 1.54) is 11.3 Å². The Bertz CT molecular complexity index is 490. The van der Waals surface area contributed by atoms with Crippen molar-refractivity contribution in [1.29, 1.82) is 0 Å². The molecular weight excluding hydrogens is 264 g/mol. The zero-order valence-corrected chi connectivity index (χ0v) is 11.9. The summed E-state index contributed by atoms with van der Waals surface area (Å²) in [5, 5.41) is 3.29. The second-order valence-electron chi connectivity index (χ2n) is 4.90. The maximum Gasteiger partial charge on any atom is 0.254 e. The van der Waals surface area contributed by atoms with Gasteiger partial charge in [-0.3, -0.25) is 9.59 Å². The van der Waals surface area contributed by atoms with Gasteiger partial charge in [-0.1, -0.05) is 13.8 Å². The number of thiophene rings is 1. The summed E-state index contributed by atoms with van der Waals surface area (Å²) in [6.07, 6.45) is 1.20. The fourth-order valence-electron chi connectivity index (χ4n) is 1.95. The SMILES string of the molecule is CC(C)c1cc(C(N)=O)c(NC(=O)C2CCCO2)s1. The molecule has 2 rings (SSSR count). The minimum Gasteiger partial charge on any atom is -0.368 e. The van der Waals surface area contributed by atoms with E-state index in [-0.39, 0.29) is 11.8 Å². The van der Waals surface area contributed by atoms with Crippen molar-refractivity contribution >= 4 is 28.2 Å². The number of rotatable bonds is 4. The molecule has 0 aromatic carbocycles. The number of nitrogens with two attached hydrogens (primary N) is 1. The molecule has 1 aliphatic heterocycles. The molecule has 0 saturated carbocycles. The minimum atomic E-state index is -0.522. The van der Waals surface area contributed by atoms with Crippen LogP contribution in [-0.4, -0.2) is 24.5 Å². The van der Waals surface area contributed by atoms with E-state index < -0.39 is 12.0 Å². The number of amides is 2. The molecule has 1 fully saturated rings. The van der Waals surface area contributed by atoms with E-state index in [0.717, 1.165) is 17.7 Å². The van der Waals surface area contributed by atoms with Crippen LogP contribution >= 0.6 is 11.3 Å². The molecular formula is C13H18N2O3S. The maximum absolute atomic E-state index is 12.0. The lowest BCUT2D eigenvalue weighted by atomic mass is 10.1. The van der Waals surface area contributed by atoms with Crippen LogP contribution < -0.4 is 11.1 Å². The van der Waals surface area contributed by atoms with Gasteiger partial charge >= 0.3 is 0 Å². The summed E-state index contributed by atoms with van der Waals surface area (Å²) in [4.78, 5) is 24.4. The Morgan fingerprint density at radius 2 is 2.26 bits per heavy atom. The van der Waals surface area contributed by atoms with E-state index in [0.29, 0.717) is 17.2 Å². The van der Waals surface area contributed by atoms with Gasteiger partial charge in [-0.05, 0) is 24.8 Å². The molecule has 6 heteroatoms. The van der Waals surface area contributed by atoms with Crippen LogP contribution in [0.2, 0.25) is 0 Å². The van der Waals surface area contributed by atoms with E-state index in [9.17, 15) is 9.59 Å². The van der Waals surface area contributed by atoms with Crippen LogP contribution in [0.4, 0.5) is 5.00 Å². The number of ether oxygens (including phenoxy) is 1. The molecule has 3 N–H and O–H groups in total. The molecule has 1 unspecified atom stereocenters. The Morgan fingerprint density at radius 3 is 2.79 bits per heavy atom. The Kier molecular flexibility index (Phi) is 4.21. The number of anilines is 1. The third kappa shape index (κ3) is 3.13. The van der Waals surface area contributed by atoms with Gasteiger partial charge in [0, 0.05) is 11.5 Å². The molecule has 1 aromatic rings. The lowest BCUT2D eigenvalue weighted by Crippen LogP contribution is -2.27. The van der Waals surface area contributed by atoms with E-state index in [4.69, 9.17) is 10.5 Å². The van der Waals surface area contributed by atoms with Gasteiger partial charge in [-0.15, -0.1) is 11.3 Å². The predicted molar refractivity (Wildman–Crippen MR) is 74.5 cm³/mol. The van der Waals surface area contributed by atoms with Crippen molar-refractivity contribution in [3.05, 3.63) is 16.5 Å². The van der Waals surface area contributed by atoms with Crippen molar-refractivity contribution < 1.29 is 14.3 Å². The lowest BCUT2D eigenvalue weighted by Gasteiger charge is -2.09. The van der Waals surface area contributed by atoms with Crippen LogP contribution in [0.25, 0.3) is 0 Å². The molecule has 0 bridgehead atoms. The fourth-order valence-corrected chi connectivity index (χ4v) is 3.02. The highest BCUT2D eigenvalue weighted by Crippen LogP contribution is 2.33. The third-order valence-corrected chi connectivity index (χ3v) is 4.40. The molecule has 0 aliphatic carbocycles. The zero-order valence-electron chi connectivity index (χ0n) is 11.1. The molecule has 104 valence electrons. The molecule has 1 aromatic heterocycles. The first-order chi connectivity index (χ1) is 8.99. The second-order valence-corrected chi connectivity index (χ2v) is 5.99. The first-order valence-electron chi connectivity index (χ1n) is 6.35. The third-order valence-electron chi connectivity index (χ3n) is 3.04. The number of hydrogen-bond donors (Lipinski definition) is 2. The lowest BCUT2D eigenvalue weighted by molar-refractivity contribution is -0.124. The van der Waals surface area contributed by atoms with E-state index >= 15 is 0 Å². The molecule has 0 radical (unpaired) electrons. The summed E-state index contributed by atoms with van der Waals surface area (Å²) in [5.74, 6) is -0.431. The summed E-state index contributed by atoms with van der Waals surface area (Å²) in [6.45, 7) is 4.67. The molecule has 0 spiro atoms. The van der Waals surface area contributed by atoms with Crippen LogP contribution in [-0.2, 0) is 9.53 Å². The first kappa shape index (κ1) is 14.0. The zero-order chi connectivity index (χ0) is 14.0. The Hall–Kier alpha value is -1.40. The van der Waals surface area contributed by atoms with Crippen molar-refractivity contribution in [3.8, 4) is 0 Å². The number of carbonyl (C=O) groups is 2. The van der Waals surface area contributed by atoms with E-state index in [2.05, 4.69) is 5.32 Å². The van der Waals surface area contributed by atoms with Gasteiger partial charge in [0.1, 0.15) is 11.1 Å². The molecule has 1 atom stereocenters. The predicted octanol–water partition coefficient (Wildman–Crippen LogP) is 2.09. The van der Waals surface area contributed by atoms with Gasteiger partial charge in [0.25, 0.3) is 11.8 Å². The van der Waals surface area contributed by atoms with Crippen molar-refractivity contribution in [3.63, 3.8) is 0 Å². The largest absolute Gasteiger partial charge is 0.368 e. The number of carbonyl (C=O) groups excluding carboxylic acids is 2. The second kappa shape index (κ2) is 5.71. The number of primary amides is 1. The summed E-state index contributed by atoms with van der Waals surface area (Å²) in [6, 6.07) is 1.75. The van der Waals surface area contributed by atoms with Crippen LogP contribution in [0.5, 0.6) is 0 Å². The van der Waals surface area contributed by atoms with Crippen LogP contribution in [0.15, 0.2) is 6.07 Å². The fraction of sp³-hybridized carbons (Fsp3) is 0.538. The van der Waals surface area contributed by atoms with Gasteiger partial charge < -0.3 is 15.8 Å². The Balaban J connectivity index is 2.18. The topological polar surface area (TPSA) is 81.4 Å². The summed E-state index contributed by atoms with van der Waals surface area (Å²) >= 11 is 1.39. The molecule has 2 amide bonds. The van der Waals surface area contributed by atoms with Gasteiger partial charge in [0.05, 0.1) is 5.56 Å². The molecule has 2 heterocycles. The Morgan fingerprint density at radius 1 is 1.53 bits per heavy atom. The highest BCUT2D eigenvalue weighted by molar-refractivity contribution is 7.16. The normalized spacial score (nSPS) is 18.8. The standard InChI is InChI=1S/C13H18N2O3S/c1-7(2)10-6-8(11(14)16)13(19-10)15-12(17)9-4-3-5-18-9/h6-7,9H,3-5H2,1-2H3,(H2,14,16)(H,15,17). The monoisotopic (exact) mass is 282 g/mol. The van der Waals surface area contributed by atoms with Gasteiger partial charge in [-0.2, -0.15) is 0 Å². The van der Waals surface area contributed by atoms with Crippen molar-refractivity contribution in [2.24, 2.45) is 5.73 Å². The Labute approximate surface area is 116 Å². The minimum absolute atomic E-state index is 0.197. The van der Waals surface area contributed by atoms with E-state index in [1.807, 2.05) is 13.8 Å². The van der Waals surface area contributed by atoms with Gasteiger partial charge in [0.2, 0.25) is 0 Å².